The summed E-state index contributed by atoms with van der Waals surface area (Å²) in [6.45, 7) is 4.28. The van der Waals surface area contributed by atoms with E-state index in [1.807, 2.05) is 6.92 Å². The molecule has 110 valence electrons. The summed E-state index contributed by atoms with van der Waals surface area (Å²) >= 11 is 0. The Morgan fingerprint density at radius 3 is 2.65 bits per heavy atom. The first-order valence-electron chi connectivity index (χ1n) is 7.20. The number of aliphatic hydroxyl groups is 1. The maximum atomic E-state index is 12.0. The summed E-state index contributed by atoms with van der Waals surface area (Å²) in [6, 6.07) is 4.95. The Balaban J connectivity index is 1.95. The fraction of sp³-hybridized carbons (Fsp3) is 0.562. The van der Waals surface area contributed by atoms with Crippen LogP contribution >= 0.6 is 0 Å². The Kier molecular flexibility index (Phi) is 4.33. The molecule has 0 aliphatic heterocycles. The molecule has 1 aliphatic rings. The summed E-state index contributed by atoms with van der Waals surface area (Å²) in [5.41, 5.74) is 0.352. The molecule has 0 unspecified atom stereocenters. The zero-order chi connectivity index (χ0) is 14.8. The second-order valence-electron chi connectivity index (χ2n) is 6.11. The topological polar surface area (TPSA) is 69.6 Å². The number of carbonyl (C=O) groups is 1. The lowest BCUT2D eigenvalue weighted by Gasteiger charge is -2.34. The molecule has 0 bridgehead atoms. The van der Waals surface area contributed by atoms with Gasteiger partial charge in [0.1, 0.15) is 5.75 Å². The highest BCUT2D eigenvalue weighted by molar-refractivity contribution is 5.96. The summed E-state index contributed by atoms with van der Waals surface area (Å²) in [4.78, 5) is 12.0. The predicted octanol–water partition coefficient (Wildman–Crippen LogP) is 2.37. The van der Waals surface area contributed by atoms with E-state index in [0.717, 1.165) is 18.4 Å². The lowest BCUT2D eigenvalue weighted by atomic mass is 9.79. The van der Waals surface area contributed by atoms with Crippen LogP contribution in [-0.4, -0.2) is 28.3 Å². The molecule has 0 heterocycles. The van der Waals surface area contributed by atoms with Crippen LogP contribution in [0.2, 0.25) is 0 Å². The minimum Gasteiger partial charge on any atom is -0.507 e. The van der Waals surface area contributed by atoms with Gasteiger partial charge in [0.05, 0.1) is 11.2 Å². The van der Waals surface area contributed by atoms with Gasteiger partial charge in [0.15, 0.2) is 0 Å². The summed E-state index contributed by atoms with van der Waals surface area (Å²) in [5.74, 6) is 0.286. The summed E-state index contributed by atoms with van der Waals surface area (Å²) in [6.07, 6.45) is 3.41. The van der Waals surface area contributed by atoms with Crippen LogP contribution in [0.5, 0.6) is 5.75 Å². The molecule has 1 fully saturated rings. The number of phenolic OH excluding ortho intramolecular Hbond substituents is 1. The lowest BCUT2D eigenvalue weighted by molar-refractivity contribution is -0.00542. The first kappa shape index (κ1) is 14.9. The van der Waals surface area contributed by atoms with Gasteiger partial charge < -0.3 is 15.5 Å². The number of rotatable bonds is 3. The van der Waals surface area contributed by atoms with Gasteiger partial charge in [0.2, 0.25) is 0 Å². The van der Waals surface area contributed by atoms with E-state index in [2.05, 4.69) is 12.2 Å². The summed E-state index contributed by atoms with van der Waals surface area (Å²) in [7, 11) is 0. The SMILES string of the molecule is Cc1ccc(C(=O)NCC2(O)CCC(C)CC2)c(O)c1. The van der Waals surface area contributed by atoms with E-state index >= 15 is 0 Å². The second-order valence-corrected chi connectivity index (χ2v) is 6.11. The normalized spacial score (nSPS) is 26.2. The van der Waals surface area contributed by atoms with Gasteiger partial charge >= 0.3 is 0 Å². The summed E-state index contributed by atoms with van der Waals surface area (Å²) < 4.78 is 0. The van der Waals surface area contributed by atoms with E-state index in [-0.39, 0.29) is 23.8 Å². The van der Waals surface area contributed by atoms with Crippen LogP contribution in [0.25, 0.3) is 0 Å². The molecular formula is C16H23NO3. The highest BCUT2D eigenvalue weighted by Crippen LogP contribution is 2.31. The fourth-order valence-electron chi connectivity index (χ4n) is 2.65. The van der Waals surface area contributed by atoms with Crippen LogP contribution in [0.1, 0.15) is 48.5 Å². The van der Waals surface area contributed by atoms with Crippen molar-refractivity contribution in [3.8, 4) is 5.75 Å². The molecule has 3 N–H and O–H groups in total. The molecule has 2 rings (SSSR count). The molecule has 0 saturated heterocycles. The number of hydrogen-bond acceptors (Lipinski definition) is 3. The number of nitrogens with one attached hydrogen (secondary N) is 1. The van der Waals surface area contributed by atoms with Gasteiger partial charge in [0, 0.05) is 6.54 Å². The maximum absolute atomic E-state index is 12.0. The number of phenols is 1. The molecular weight excluding hydrogens is 254 g/mol. The molecule has 1 saturated carbocycles. The minimum absolute atomic E-state index is 0.0215. The van der Waals surface area contributed by atoms with Crippen molar-refractivity contribution in [2.24, 2.45) is 5.92 Å². The molecule has 0 spiro atoms. The molecule has 1 aromatic carbocycles. The van der Waals surface area contributed by atoms with Crippen LogP contribution in [0.15, 0.2) is 18.2 Å². The molecule has 4 nitrogen and oxygen atoms in total. The third-order valence-corrected chi connectivity index (χ3v) is 4.18. The second kappa shape index (κ2) is 5.83. The Morgan fingerprint density at radius 2 is 2.05 bits per heavy atom. The zero-order valence-electron chi connectivity index (χ0n) is 12.1. The Morgan fingerprint density at radius 1 is 1.40 bits per heavy atom. The fourth-order valence-corrected chi connectivity index (χ4v) is 2.65. The van der Waals surface area contributed by atoms with Crippen LogP contribution in [0.3, 0.4) is 0 Å². The smallest absolute Gasteiger partial charge is 0.255 e. The van der Waals surface area contributed by atoms with Crippen molar-refractivity contribution in [3.63, 3.8) is 0 Å². The highest BCUT2D eigenvalue weighted by atomic mass is 16.3. The first-order valence-corrected chi connectivity index (χ1v) is 7.20. The van der Waals surface area contributed by atoms with Gasteiger partial charge in [-0.15, -0.1) is 0 Å². The molecule has 0 aromatic heterocycles. The number of aromatic hydroxyl groups is 1. The van der Waals surface area contributed by atoms with E-state index in [0.29, 0.717) is 18.8 Å². The molecule has 0 radical (unpaired) electrons. The van der Waals surface area contributed by atoms with E-state index in [1.165, 1.54) is 0 Å². The molecule has 1 aromatic rings. The largest absolute Gasteiger partial charge is 0.507 e. The molecule has 1 aliphatic carbocycles. The van der Waals surface area contributed by atoms with Crippen LogP contribution in [0.4, 0.5) is 0 Å². The van der Waals surface area contributed by atoms with Crippen LogP contribution in [-0.2, 0) is 0 Å². The number of benzene rings is 1. The van der Waals surface area contributed by atoms with Crippen molar-refractivity contribution in [2.45, 2.75) is 45.1 Å². The maximum Gasteiger partial charge on any atom is 0.255 e. The number of amides is 1. The van der Waals surface area contributed by atoms with Crippen molar-refractivity contribution >= 4 is 5.91 Å². The molecule has 4 heteroatoms. The van der Waals surface area contributed by atoms with Gasteiger partial charge in [-0.25, -0.2) is 0 Å². The number of aryl methyl sites for hydroxylation is 1. The lowest BCUT2D eigenvalue weighted by Crippen LogP contribution is -2.45. The molecule has 1 amide bonds. The van der Waals surface area contributed by atoms with Crippen LogP contribution in [0, 0.1) is 12.8 Å². The van der Waals surface area contributed by atoms with Crippen molar-refractivity contribution in [2.75, 3.05) is 6.54 Å². The Hall–Kier alpha value is -1.55. The zero-order valence-corrected chi connectivity index (χ0v) is 12.1. The molecule has 0 atom stereocenters. The van der Waals surface area contributed by atoms with Crippen molar-refractivity contribution in [3.05, 3.63) is 29.3 Å². The quantitative estimate of drug-likeness (QED) is 0.794. The monoisotopic (exact) mass is 277 g/mol. The van der Waals surface area contributed by atoms with Gasteiger partial charge in [-0.05, 0) is 56.2 Å². The molecule has 20 heavy (non-hydrogen) atoms. The van der Waals surface area contributed by atoms with E-state index in [9.17, 15) is 15.0 Å². The van der Waals surface area contributed by atoms with Gasteiger partial charge in [0.25, 0.3) is 5.91 Å². The van der Waals surface area contributed by atoms with Crippen molar-refractivity contribution < 1.29 is 15.0 Å². The standard InChI is InChI=1S/C16H23NO3/c1-11-5-7-16(20,8-6-11)10-17-15(19)13-4-3-12(2)9-14(13)18/h3-4,9,11,18,20H,5-8,10H2,1-2H3,(H,17,19). The van der Waals surface area contributed by atoms with Crippen molar-refractivity contribution in [1.29, 1.82) is 0 Å². The number of hydrogen-bond donors (Lipinski definition) is 3. The minimum atomic E-state index is -0.803. The third kappa shape index (κ3) is 3.51. The van der Waals surface area contributed by atoms with Gasteiger partial charge in [-0.2, -0.15) is 0 Å². The van der Waals surface area contributed by atoms with E-state index in [1.54, 1.807) is 18.2 Å². The van der Waals surface area contributed by atoms with Gasteiger partial charge in [-0.1, -0.05) is 13.0 Å². The van der Waals surface area contributed by atoms with Crippen molar-refractivity contribution in [1.82, 2.24) is 5.32 Å². The number of carbonyl (C=O) groups excluding carboxylic acids is 1. The van der Waals surface area contributed by atoms with E-state index < -0.39 is 5.60 Å². The van der Waals surface area contributed by atoms with Crippen LogP contribution < -0.4 is 5.32 Å². The third-order valence-electron chi connectivity index (χ3n) is 4.18. The highest BCUT2D eigenvalue weighted by Gasteiger charge is 2.32. The predicted molar refractivity (Wildman–Crippen MR) is 77.8 cm³/mol. The summed E-state index contributed by atoms with van der Waals surface area (Å²) in [5, 5.41) is 22.9. The average Bonchev–Trinajstić information content (AvgIpc) is 2.40. The Labute approximate surface area is 119 Å². The Bertz CT molecular complexity index is 490. The van der Waals surface area contributed by atoms with E-state index in [4.69, 9.17) is 0 Å². The van der Waals surface area contributed by atoms with Gasteiger partial charge in [-0.3, -0.25) is 4.79 Å². The first-order chi connectivity index (χ1) is 9.39. The average molecular weight is 277 g/mol.